The number of piperazine rings is 3. The second-order valence-electron chi connectivity index (χ2n) is 7.56. The highest BCUT2D eigenvalue weighted by Gasteiger charge is 2.31. The molecule has 0 aliphatic carbocycles. The van der Waals surface area contributed by atoms with Crippen molar-refractivity contribution in [2.24, 2.45) is 4.99 Å². The van der Waals surface area contributed by atoms with Gasteiger partial charge < -0.3 is 15.5 Å². The maximum Gasteiger partial charge on any atom is 0.191 e. The van der Waals surface area contributed by atoms with Crippen molar-refractivity contribution in [2.45, 2.75) is 44.7 Å². The van der Waals surface area contributed by atoms with Crippen molar-refractivity contribution in [3.63, 3.8) is 0 Å². The van der Waals surface area contributed by atoms with E-state index in [4.69, 9.17) is 0 Å². The zero-order valence-electron chi connectivity index (χ0n) is 16.0. The standard InChI is InChI=1S/C18H36N6.HI/c1-3-4-7-22-8-5-16(6-9-22)21-18(19-2)20-14-17-15-23-10-12-24(17)13-11-23;/h16-17H,3-15H2,1-2H3,(H2,19,20,21);1H. The number of piperidine rings is 1. The number of hydrogen-bond donors (Lipinski definition) is 2. The summed E-state index contributed by atoms with van der Waals surface area (Å²) in [5.74, 6) is 0.986. The van der Waals surface area contributed by atoms with Crippen LogP contribution in [0.4, 0.5) is 0 Å². The molecule has 1 atom stereocenters. The van der Waals surface area contributed by atoms with Gasteiger partial charge in [0.2, 0.25) is 0 Å². The molecule has 0 aromatic carbocycles. The van der Waals surface area contributed by atoms with Crippen molar-refractivity contribution in [1.82, 2.24) is 25.3 Å². The molecule has 4 rings (SSSR count). The van der Waals surface area contributed by atoms with Crippen molar-refractivity contribution >= 4 is 29.9 Å². The van der Waals surface area contributed by atoms with Crippen molar-refractivity contribution in [1.29, 1.82) is 0 Å². The molecule has 1 unspecified atom stereocenters. The Morgan fingerprint density at radius 3 is 2.36 bits per heavy atom. The van der Waals surface area contributed by atoms with Gasteiger partial charge in [0.1, 0.15) is 0 Å². The van der Waals surface area contributed by atoms with Gasteiger partial charge in [-0.2, -0.15) is 0 Å². The number of nitrogens with zero attached hydrogens (tertiary/aromatic N) is 4. The molecule has 0 aromatic rings. The Labute approximate surface area is 170 Å². The van der Waals surface area contributed by atoms with Crippen LogP contribution in [0.2, 0.25) is 0 Å². The van der Waals surface area contributed by atoms with Crippen LogP contribution in [0.15, 0.2) is 4.99 Å². The largest absolute Gasteiger partial charge is 0.355 e. The first kappa shape index (κ1) is 21.2. The molecule has 146 valence electrons. The van der Waals surface area contributed by atoms with E-state index in [1.165, 1.54) is 78.0 Å². The first-order valence-corrected chi connectivity index (χ1v) is 9.94. The van der Waals surface area contributed by atoms with Crippen LogP contribution in [-0.2, 0) is 0 Å². The average Bonchev–Trinajstić information content (AvgIpc) is 2.65. The minimum atomic E-state index is 0. The molecule has 4 saturated heterocycles. The fraction of sp³-hybridized carbons (Fsp3) is 0.944. The van der Waals surface area contributed by atoms with Crippen molar-refractivity contribution in [3.8, 4) is 0 Å². The molecule has 25 heavy (non-hydrogen) atoms. The highest BCUT2D eigenvalue weighted by molar-refractivity contribution is 14.0. The normalized spacial score (nSPS) is 30.8. The Morgan fingerprint density at radius 1 is 1.08 bits per heavy atom. The van der Waals surface area contributed by atoms with Gasteiger partial charge in [-0.25, -0.2) is 0 Å². The molecule has 4 heterocycles. The Balaban J connectivity index is 0.00000225. The van der Waals surface area contributed by atoms with Crippen molar-refractivity contribution in [3.05, 3.63) is 0 Å². The average molecular weight is 464 g/mol. The van der Waals surface area contributed by atoms with Gasteiger partial charge in [-0.15, -0.1) is 24.0 Å². The molecule has 0 radical (unpaired) electrons. The van der Waals surface area contributed by atoms with E-state index >= 15 is 0 Å². The van der Waals surface area contributed by atoms with Gasteiger partial charge in [0.05, 0.1) is 0 Å². The van der Waals surface area contributed by atoms with Crippen LogP contribution >= 0.6 is 24.0 Å². The van der Waals surface area contributed by atoms with E-state index in [9.17, 15) is 0 Å². The van der Waals surface area contributed by atoms with Crippen LogP contribution in [0, 0.1) is 0 Å². The third-order valence-electron chi connectivity index (χ3n) is 5.88. The fourth-order valence-electron chi connectivity index (χ4n) is 4.20. The minimum absolute atomic E-state index is 0. The quantitative estimate of drug-likeness (QED) is 0.350. The summed E-state index contributed by atoms with van der Waals surface area (Å²) < 4.78 is 0. The Morgan fingerprint density at radius 2 is 1.80 bits per heavy atom. The van der Waals surface area contributed by atoms with Crippen LogP contribution in [0.1, 0.15) is 32.6 Å². The predicted molar refractivity (Wildman–Crippen MR) is 116 cm³/mol. The van der Waals surface area contributed by atoms with Gasteiger partial charge in [-0.05, 0) is 25.8 Å². The van der Waals surface area contributed by atoms with Gasteiger partial charge in [0.15, 0.2) is 5.96 Å². The molecule has 0 aromatic heterocycles. The van der Waals surface area contributed by atoms with Gasteiger partial charge >= 0.3 is 0 Å². The van der Waals surface area contributed by atoms with Gasteiger partial charge in [0.25, 0.3) is 0 Å². The number of rotatable bonds is 6. The first-order chi connectivity index (χ1) is 11.8. The van der Waals surface area contributed by atoms with E-state index in [2.05, 4.69) is 37.2 Å². The Hall–Kier alpha value is -0.120. The van der Waals surface area contributed by atoms with E-state index in [-0.39, 0.29) is 24.0 Å². The number of halogens is 1. The third kappa shape index (κ3) is 6.22. The van der Waals surface area contributed by atoms with Crippen LogP contribution < -0.4 is 10.6 Å². The smallest absolute Gasteiger partial charge is 0.191 e. The summed E-state index contributed by atoms with van der Waals surface area (Å²) in [5.41, 5.74) is 0. The lowest BCUT2D eigenvalue weighted by Crippen LogP contribution is -2.64. The summed E-state index contributed by atoms with van der Waals surface area (Å²) in [6.45, 7) is 13.2. The van der Waals surface area contributed by atoms with E-state index in [1.807, 2.05) is 7.05 Å². The van der Waals surface area contributed by atoms with Gasteiger partial charge in [-0.1, -0.05) is 13.3 Å². The topological polar surface area (TPSA) is 46.1 Å². The fourth-order valence-corrected chi connectivity index (χ4v) is 4.20. The predicted octanol–water partition coefficient (Wildman–Crippen LogP) is 1.03. The van der Waals surface area contributed by atoms with E-state index in [0.717, 1.165) is 12.5 Å². The number of fused-ring (bicyclic) bond motifs is 3. The number of nitrogens with one attached hydrogen (secondary N) is 2. The molecule has 0 saturated carbocycles. The summed E-state index contributed by atoms with van der Waals surface area (Å²) in [4.78, 5) is 12.3. The van der Waals surface area contributed by atoms with Crippen molar-refractivity contribution < 1.29 is 0 Å². The molecule has 4 aliphatic rings. The molecule has 2 N–H and O–H groups in total. The maximum atomic E-state index is 4.45. The van der Waals surface area contributed by atoms with E-state index in [0.29, 0.717) is 12.1 Å². The van der Waals surface area contributed by atoms with Crippen LogP contribution in [-0.4, -0.2) is 98.7 Å². The molecular weight excluding hydrogens is 427 g/mol. The molecule has 4 aliphatic heterocycles. The number of guanidine groups is 1. The lowest BCUT2D eigenvalue weighted by molar-refractivity contribution is 0.0154. The summed E-state index contributed by atoms with van der Waals surface area (Å²) in [7, 11) is 1.89. The second kappa shape index (κ2) is 10.9. The summed E-state index contributed by atoms with van der Waals surface area (Å²) in [6, 6.07) is 1.21. The van der Waals surface area contributed by atoms with Crippen LogP contribution in [0.5, 0.6) is 0 Å². The lowest BCUT2D eigenvalue weighted by atomic mass is 10.0. The summed E-state index contributed by atoms with van der Waals surface area (Å²) in [6.07, 6.45) is 5.09. The molecule has 0 spiro atoms. The number of likely N-dealkylation sites (tertiary alicyclic amines) is 1. The third-order valence-corrected chi connectivity index (χ3v) is 5.88. The summed E-state index contributed by atoms with van der Waals surface area (Å²) >= 11 is 0. The molecular formula is C18H37IN6. The minimum Gasteiger partial charge on any atom is -0.355 e. The number of unbranched alkanes of at least 4 members (excludes halogenated alkanes) is 1. The molecule has 2 bridgehead atoms. The molecule has 0 amide bonds. The molecule has 4 fully saturated rings. The monoisotopic (exact) mass is 464 g/mol. The molecule has 6 nitrogen and oxygen atoms in total. The second-order valence-corrected chi connectivity index (χ2v) is 7.56. The van der Waals surface area contributed by atoms with E-state index in [1.54, 1.807) is 0 Å². The summed E-state index contributed by atoms with van der Waals surface area (Å²) in [5, 5.41) is 7.22. The molecule has 7 heteroatoms. The zero-order chi connectivity index (χ0) is 16.8. The van der Waals surface area contributed by atoms with Gasteiger partial charge in [-0.3, -0.25) is 14.8 Å². The maximum absolute atomic E-state index is 4.45. The highest BCUT2D eigenvalue weighted by Crippen LogP contribution is 2.15. The number of hydrogen-bond acceptors (Lipinski definition) is 4. The van der Waals surface area contributed by atoms with E-state index < -0.39 is 0 Å². The Bertz CT molecular complexity index is 402. The van der Waals surface area contributed by atoms with Gasteiger partial charge in [0, 0.05) is 71.5 Å². The Kier molecular flexibility index (Phi) is 9.23. The lowest BCUT2D eigenvalue weighted by Gasteiger charge is -2.47. The number of aliphatic imine (C=N–C) groups is 1. The van der Waals surface area contributed by atoms with Crippen LogP contribution in [0.3, 0.4) is 0 Å². The first-order valence-electron chi connectivity index (χ1n) is 9.94. The highest BCUT2D eigenvalue weighted by atomic mass is 127. The zero-order valence-corrected chi connectivity index (χ0v) is 18.4. The van der Waals surface area contributed by atoms with Crippen LogP contribution in [0.25, 0.3) is 0 Å². The van der Waals surface area contributed by atoms with Crippen molar-refractivity contribution in [2.75, 3.05) is 66.0 Å². The SMILES string of the molecule is CCCCN1CCC(NC(=NC)NCC2CN3CCN2CC3)CC1.I.